The summed E-state index contributed by atoms with van der Waals surface area (Å²) in [6.45, 7) is 8.12. The zero-order valence-electron chi connectivity index (χ0n) is 11.0. The molecule has 1 aromatic carbocycles. The van der Waals surface area contributed by atoms with Crippen LogP contribution in [0.1, 0.15) is 32.8 Å². The fourth-order valence-electron chi connectivity index (χ4n) is 2.50. The second-order valence-corrected chi connectivity index (χ2v) is 6.50. The average Bonchev–Trinajstić information content (AvgIpc) is 2.33. The summed E-state index contributed by atoms with van der Waals surface area (Å²) in [4.78, 5) is 2.58. The number of benzene rings is 1. The van der Waals surface area contributed by atoms with Crippen molar-refractivity contribution >= 4 is 21.6 Å². The van der Waals surface area contributed by atoms with E-state index in [1.165, 1.54) is 24.1 Å². The highest BCUT2D eigenvalue weighted by Gasteiger charge is 2.28. The molecular weight excluding hydrogens is 274 g/mol. The first-order valence-corrected chi connectivity index (χ1v) is 7.56. The van der Waals surface area contributed by atoms with Crippen molar-refractivity contribution < 1.29 is 0 Å². The maximum absolute atomic E-state index is 3.63. The lowest BCUT2D eigenvalue weighted by Gasteiger charge is -2.41. The lowest BCUT2D eigenvalue weighted by molar-refractivity contribution is 0.394. The number of hydrogen-bond donors (Lipinski definition) is 0. The minimum atomic E-state index is 0.318. The fourth-order valence-corrected chi connectivity index (χ4v) is 2.68. The maximum Gasteiger partial charge on any atom is 0.0401 e. The number of para-hydroxylation sites is 1. The van der Waals surface area contributed by atoms with E-state index in [4.69, 9.17) is 0 Å². The van der Waals surface area contributed by atoms with Crippen molar-refractivity contribution in [1.29, 1.82) is 0 Å². The third-order valence-electron chi connectivity index (χ3n) is 3.62. The molecule has 0 bridgehead atoms. The minimum Gasteiger partial charge on any atom is -0.368 e. The quantitative estimate of drug-likeness (QED) is 0.754. The van der Waals surface area contributed by atoms with Gasteiger partial charge in [0.2, 0.25) is 0 Å². The zero-order valence-corrected chi connectivity index (χ0v) is 12.6. The van der Waals surface area contributed by atoms with Gasteiger partial charge in [-0.1, -0.05) is 48.0 Å². The van der Waals surface area contributed by atoms with Crippen LogP contribution in [0.4, 0.5) is 5.69 Å². The summed E-state index contributed by atoms with van der Waals surface area (Å²) in [6.07, 6.45) is 2.50. The average molecular weight is 296 g/mol. The van der Waals surface area contributed by atoms with Gasteiger partial charge in [0, 0.05) is 23.6 Å². The third-order valence-corrected chi connectivity index (χ3v) is 5.14. The third kappa shape index (κ3) is 2.85. The van der Waals surface area contributed by atoms with Crippen LogP contribution in [0.25, 0.3) is 0 Å². The van der Waals surface area contributed by atoms with Crippen molar-refractivity contribution in [3.8, 4) is 0 Å². The number of halogens is 1. The van der Waals surface area contributed by atoms with Crippen LogP contribution in [0, 0.1) is 5.41 Å². The molecule has 0 fully saturated rings. The number of nitrogens with zero attached hydrogens (tertiary/aromatic N) is 1. The molecule has 1 atom stereocenters. The van der Waals surface area contributed by atoms with Gasteiger partial charge < -0.3 is 4.90 Å². The molecule has 0 aromatic heterocycles. The number of hydrogen-bond acceptors (Lipinski definition) is 1. The van der Waals surface area contributed by atoms with Gasteiger partial charge in [0.05, 0.1) is 0 Å². The molecule has 0 saturated heterocycles. The Bertz CT molecular complexity index is 386. The first kappa shape index (κ1) is 12.9. The van der Waals surface area contributed by atoms with E-state index in [0.29, 0.717) is 11.5 Å². The summed E-state index contributed by atoms with van der Waals surface area (Å²) in [5.74, 6) is 0. The molecule has 0 N–H and O–H groups in total. The van der Waals surface area contributed by atoms with Gasteiger partial charge in [-0.2, -0.15) is 0 Å². The molecule has 1 aliphatic heterocycles. The van der Waals surface area contributed by atoms with Crippen molar-refractivity contribution in [2.24, 2.45) is 5.41 Å². The van der Waals surface area contributed by atoms with Gasteiger partial charge in [0.25, 0.3) is 0 Å². The Kier molecular flexibility index (Phi) is 3.82. The Morgan fingerprint density at radius 3 is 2.76 bits per heavy atom. The summed E-state index contributed by atoms with van der Waals surface area (Å²) in [5.41, 5.74) is 3.27. The molecule has 2 rings (SSSR count). The fraction of sp³-hybridized carbons (Fsp3) is 0.600. The van der Waals surface area contributed by atoms with Crippen LogP contribution in [0.3, 0.4) is 0 Å². The van der Waals surface area contributed by atoms with Crippen LogP contribution >= 0.6 is 15.9 Å². The Hall–Kier alpha value is -0.500. The topological polar surface area (TPSA) is 3.24 Å². The number of aryl methyl sites for hydroxylation is 1. The van der Waals surface area contributed by atoms with Crippen LogP contribution in [0.5, 0.6) is 0 Å². The molecule has 0 amide bonds. The highest BCUT2D eigenvalue weighted by Crippen LogP contribution is 2.33. The molecular formula is C15H22BrN. The van der Waals surface area contributed by atoms with E-state index in [1.54, 1.807) is 0 Å². The number of anilines is 1. The normalized spacial score (nSPS) is 20.2. The highest BCUT2D eigenvalue weighted by molar-refractivity contribution is 9.09. The van der Waals surface area contributed by atoms with Crippen molar-refractivity contribution in [2.45, 2.75) is 39.7 Å². The molecule has 1 heterocycles. The summed E-state index contributed by atoms with van der Waals surface area (Å²) >= 11 is 3.63. The summed E-state index contributed by atoms with van der Waals surface area (Å²) in [5, 5.41) is 1.05. The molecule has 0 aliphatic carbocycles. The van der Waals surface area contributed by atoms with Gasteiger partial charge in [-0.15, -0.1) is 0 Å². The van der Waals surface area contributed by atoms with Crippen molar-refractivity contribution in [1.82, 2.24) is 0 Å². The van der Waals surface area contributed by atoms with Crippen LogP contribution < -0.4 is 4.90 Å². The van der Waals surface area contributed by atoms with Crippen LogP contribution in [-0.4, -0.2) is 17.9 Å². The van der Waals surface area contributed by atoms with Crippen LogP contribution in [0.2, 0.25) is 0 Å². The second kappa shape index (κ2) is 5.01. The Balaban J connectivity index is 2.27. The standard InChI is InChI=1S/C15H22BrN/c1-12-8-9-13-6-4-5-7-14(13)17(12)11-15(2,3)10-16/h4-7,12H,8-11H2,1-3H3. The Labute approximate surface area is 113 Å². The van der Waals surface area contributed by atoms with E-state index in [2.05, 4.69) is 65.9 Å². The van der Waals surface area contributed by atoms with Crippen LogP contribution in [-0.2, 0) is 6.42 Å². The van der Waals surface area contributed by atoms with E-state index in [9.17, 15) is 0 Å². The number of fused-ring (bicyclic) bond motifs is 1. The van der Waals surface area contributed by atoms with E-state index >= 15 is 0 Å². The van der Waals surface area contributed by atoms with E-state index < -0.39 is 0 Å². The summed E-state index contributed by atoms with van der Waals surface area (Å²) in [6, 6.07) is 9.52. The maximum atomic E-state index is 3.63. The van der Waals surface area contributed by atoms with Crippen molar-refractivity contribution in [2.75, 3.05) is 16.8 Å². The van der Waals surface area contributed by atoms with Gasteiger partial charge in [-0.25, -0.2) is 0 Å². The first-order valence-electron chi connectivity index (χ1n) is 6.44. The molecule has 1 aromatic rings. The molecule has 17 heavy (non-hydrogen) atoms. The van der Waals surface area contributed by atoms with Gasteiger partial charge in [0.1, 0.15) is 0 Å². The number of alkyl halides is 1. The molecule has 1 unspecified atom stereocenters. The molecule has 0 radical (unpaired) electrons. The summed E-state index contributed by atoms with van der Waals surface area (Å²) < 4.78 is 0. The van der Waals surface area contributed by atoms with Gasteiger partial charge in [-0.05, 0) is 36.8 Å². The Morgan fingerprint density at radius 1 is 1.35 bits per heavy atom. The predicted octanol–water partition coefficient (Wildman–Crippen LogP) is 4.25. The summed E-state index contributed by atoms with van der Waals surface area (Å²) in [7, 11) is 0. The molecule has 1 nitrogen and oxygen atoms in total. The lowest BCUT2D eigenvalue weighted by Crippen LogP contribution is -2.43. The molecule has 2 heteroatoms. The van der Waals surface area contributed by atoms with Crippen molar-refractivity contribution in [3.05, 3.63) is 29.8 Å². The first-order chi connectivity index (χ1) is 8.03. The smallest absolute Gasteiger partial charge is 0.0401 e. The Morgan fingerprint density at radius 2 is 2.06 bits per heavy atom. The SMILES string of the molecule is CC1CCc2ccccc2N1CC(C)(C)CBr. The highest BCUT2D eigenvalue weighted by atomic mass is 79.9. The van der Waals surface area contributed by atoms with Gasteiger partial charge in [0.15, 0.2) is 0 Å². The zero-order chi connectivity index (χ0) is 12.5. The predicted molar refractivity (Wildman–Crippen MR) is 79.1 cm³/mol. The molecule has 94 valence electrons. The largest absolute Gasteiger partial charge is 0.368 e. The van der Waals surface area contributed by atoms with E-state index in [0.717, 1.165) is 11.9 Å². The van der Waals surface area contributed by atoms with E-state index in [-0.39, 0.29) is 0 Å². The molecule has 0 spiro atoms. The van der Waals surface area contributed by atoms with Crippen LogP contribution in [0.15, 0.2) is 24.3 Å². The number of rotatable bonds is 3. The van der Waals surface area contributed by atoms with Gasteiger partial charge in [-0.3, -0.25) is 0 Å². The molecule has 0 saturated carbocycles. The second-order valence-electron chi connectivity index (χ2n) is 5.94. The van der Waals surface area contributed by atoms with Gasteiger partial charge >= 0.3 is 0 Å². The minimum absolute atomic E-state index is 0.318. The lowest BCUT2D eigenvalue weighted by atomic mass is 9.90. The van der Waals surface area contributed by atoms with E-state index in [1.807, 2.05) is 0 Å². The molecule has 1 aliphatic rings. The van der Waals surface area contributed by atoms with Crippen molar-refractivity contribution in [3.63, 3.8) is 0 Å². The monoisotopic (exact) mass is 295 g/mol.